The Morgan fingerprint density at radius 1 is 1.17 bits per heavy atom. The summed E-state index contributed by atoms with van der Waals surface area (Å²) in [7, 11) is 2.14. The van der Waals surface area contributed by atoms with Crippen LogP contribution in [0.3, 0.4) is 0 Å². The first-order chi connectivity index (χ1) is 8.25. The largest absolute Gasteiger partial charge is 0.315 e. The number of likely N-dealkylation sites (tertiary alicyclic amines) is 1. The lowest BCUT2D eigenvalue weighted by Gasteiger charge is -2.36. The topological polar surface area (TPSA) is 15.3 Å². The summed E-state index contributed by atoms with van der Waals surface area (Å²) in [5.74, 6) is 0.874. The van der Waals surface area contributed by atoms with Crippen LogP contribution in [0.5, 0.6) is 0 Å². The van der Waals surface area contributed by atoms with E-state index >= 15 is 0 Å². The van der Waals surface area contributed by atoms with Crippen molar-refractivity contribution in [3.8, 4) is 0 Å². The molecule has 2 rings (SSSR count). The first kappa shape index (κ1) is 14.3. The third-order valence-corrected chi connectivity index (χ3v) is 5.54. The van der Waals surface area contributed by atoms with E-state index in [0.717, 1.165) is 12.0 Å². The van der Waals surface area contributed by atoms with Crippen molar-refractivity contribution in [1.82, 2.24) is 10.2 Å². The quantitative estimate of drug-likeness (QED) is 0.812. The van der Waals surface area contributed by atoms with Gasteiger partial charge >= 0.3 is 0 Å². The second-order valence-electron chi connectivity index (χ2n) is 8.21. The van der Waals surface area contributed by atoms with Gasteiger partial charge in [-0.15, -0.1) is 0 Å². The third-order valence-electron chi connectivity index (χ3n) is 5.54. The smallest absolute Gasteiger partial charge is 0.0271 e. The van der Waals surface area contributed by atoms with E-state index in [9.17, 15) is 0 Å². The predicted molar refractivity (Wildman–Crippen MR) is 78.8 cm³/mol. The molecule has 1 heterocycles. The van der Waals surface area contributed by atoms with Crippen LogP contribution in [0.15, 0.2) is 0 Å². The van der Waals surface area contributed by atoms with Crippen LogP contribution >= 0.6 is 0 Å². The van der Waals surface area contributed by atoms with Crippen LogP contribution in [0.4, 0.5) is 0 Å². The van der Waals surface area contributed by atoms with Gasteiger partial charge in [-0.2, -0.15) is 0 Å². The van der Waals surface area contributed by atoms with Crippen molar-refractivity contribution < 1.29 is 0 Å². The molecule has 2 fully saturated rings. The number of hydrogen-bond donors (Lipinski definition) is 1. The van der Waals surface area contributed by atoms with E-state index in [1.165, 1.54) is 32.4 Å². The van der Waals surface area contributed by atoms with Gasteiger partial charge in [0, 0.05) is 18.6 Å². The molecule has 2 aliphatic rings. The van der Waals surface area contributed by atoms with E-state index in [1.54, 1.807) is 0 Å². The fourth-order valence-corrected chi connectivity index (χ4v) is 4.13. The minimum atomic E-state index is 0.458. The van der Waals surface area contributed by atoms with E-state index in [4.69, 9.17) is 0 Å². The Labute approximate surface area is 114 Å². The lowest BCUT2D eigenvalue weighted by atomic mass is 9.80. The summed E-state index contributed by atoms with van der Waals surface area (Å²) < 4.78 is 0. The molecule has 2 nitrogen and oxygen atoms in total. The molecule has 0 aromatic rings. The molecule has 1 saturated heterocycles. The highest BCUT2D eigenvalue weighted by molar-refractivity contribution is 5.02. The molecule has 0 spiro atoms. The molecule has 1 saturated carbocycles. The van der Waals surface area contributed by atoms with Crippen LogP contribution in [0, 0.1) is 16.7 Å². The van der Waals surface area contributed by atoms with Gasteiger partial charge in [-0.05, 0) is 49.6 Å². The summed E-state index contributed by atoms with van der Waals surface area (Å²) in [6.45, 7) is 14.7. The number of rotatable bonds is 2. The Balaban J connectivity index is 2.02. The average molecular weight is 252 g/mol. The minimum Gasteiger partial charge on any atom is -0.315 e. The third kappa shape index (κ3) is 2.60. The van der Waals surface area contributed by atoms with Crippen molar-refractivity contribution in [1.29, 1.82) is 0 Å². The number of nitrogens with one attached hydrogen (secondary N) is 1. The SMILES string of the molecule is CNC1C(N2CCC(C(C)(C)C)C2)CCC1(C)C. The second kappa shape index (κ2) is 4.79. The molecule has 2 heteroatoms. The predicted octanol–water partition coefficient (Wildman–Crippen LogP) is 3.13. The Hall–Kier alpha value is -0.0800. The lowest BCUT2D eigenvalue weighted by molar-refractivity contribution is 0.156. The fraction of sp³-hybridized carbons (Fsp3) is 1.00. The highest BCUT2D eigenvalue weighted by atomic mass is 15.2. The van der Waals surface area contributed by atoms with Gasteiger partial charge in [0.25, 0.3) is 0 Å². The van der Waals surface area contributed by atoms with E-state index in [-0.39, 0.29) is 0 Å². The van der Waals surface area contributed by atoms with Gasteiger partial charge in [0.1, 0.15) is 0 Å². The molecule has 18 heavy (non-hydrogen) atoms. The van der Waals surface area contributed by atoms with Gasteiger partial charge in [0.2, 0.25) is 0 Å². The van der Waals surface area contributed by atoms with Crippen LogP contribution in [0.2, 0.25) is 0 Å². The highest BCUT2D eigenvalue weighted by Gasteiger charge is 2.45. The summed E-state index contributed by atoms with van der Waals surface area (Å²) in [5, 5.41) is 3.59. The summed E-state index contributed by atoms with van der Waals surface area (Å²) in [6.07, 6.45) is 4.12. The summed E-state index contributed by atoms with van der Waals surface area (Å²) in [5.41, 5.74) is 0.928. The molecule has 3 atom stereocenters. The maximum Gasteiger partial charge on any atom is 0.0271 e. The fourth-order valence-electron chi connectivity index (χ4n) is 4.13. The Morgan fingerprint density at radius 2 is 1.83 bits per heavy atom. The molecule has 0 radical (unpaired) electrons. The van der Waals surface area contributed by atoms with Crippen molar-refractivity contribution >= 4 is 0 Å². The first-order valence-corrected chi connectivity index (χ1v) is 7.67. The molecule has 0 aromatic heterocycles. The zero-order chi connectivity index (χ0) is 13.6. The normalized spacial score (nSPS) is 37.3. The monoisotopic (exact) mass is 252 g/mol. The van der Waals surface area contributed by atoms with Gasteiger partial charge in [-0.25, -0.2) is 0 Å². The van der Waals surface area contributed by atoms with Gasteiger partial charge in [0.15, 0.2) is 0 Å². The van der Waals surface area contributed by atoms with Crippen LogP contribution < -0.4 is 5.32 Å². The van der Waals surface area contributed by atoms with Gasteiger partial charge < -0.3 is 5.32 Å². The van der Waals surface area contributed by atoms with E-state index in [1.807, 2.05) is 0 Å². The van der Waals surface area contributed by atoms with Gasteiger partial charge in [-0.1, -0.05) is 34.6 Å². The number of hydrogen-bond acceptors (Lipinski definition) is 2. The number of nitrogens with zero attached hydrogens (tertiary/aromatic N) is 1. The van der Waals surface area contributed by atoms with Crippen molar-refractivity contribution in [2.75, 3.05) is 20.1 Å². The molecule has 1 N–H and O–H groups in total. The van der Waals surface area contributed by atoms with Crippen molar-refractivity contribution in [3.63, 3.8) is 0 Å². The summed E-state index contributed by atoms with van der Waals surface area (Å²) >= 11 is 0. The Kier molecular flexibility index (Phi) is 3.81. The summed E-state index contributed by atoms with van der Waals surface area (Å²) in [6, 6.07) is 1.42. The average Bonchev–Trinajstić information content (AvgIpc) is 2.80. The molecule has 1 aliphatic carbocycles. The van der Waals surface area contributed by atoms with E-state index in [0.29, 0.717) is 16.9 Å². The maximum atomic E-state index is 3.59. The van der Waals surface area contributed by atoms with E-state index in [2.05, 4.69) is 51.9 Å². The van der Waals surface area contributed by atoms with Crippen LogP contribution in [0.25, 0.3) is 0 Å². The lowest BCUT2D eigenvalue weighted by Crippen LogP contribution is -2.50. The molecule has 0 bridgehead atoms. The Morgan fingerprint density at radius 3 is 2.33 bits per heavy atom. The van der Waals surface area contributed by atoms with Crippen molar-refractivity contribution in [2.45, 2.75) is 66.0 Å². The van der Waals surface area contributed by atoms with Crippen molar-refractivity contribution in [2.24, 2.45) is 16.7 Å². The zero-order valence-electron chi connectivity index (χ0n) is 13.2. The summed E-state index contributed by atoms with van der Waals surface area (Å²) in [4.78, 5) is 2.77. The van der Waals surface area contributed by atoms with Crippen molar-refractivity contribution in [3.05, 3.63) is 0 Å². The van der Waals surface area contributed by atoms with Gasteiger partial charge in [0.05, 0.1) is 0 Å². The molecule has 0 aromatic carbocycles. The number of likely N-dealkylation sites (N-methyl/N-ethyl adjacent to an activating group) is 1. The van der Waals surface area contributed by atoms with Crippen LogP contribution in [-0.2, 0) is 0 Å². The molecular formula is C16H32N2. The maximum absolute atomic E-state index is 3.59. The van der Waals surface area contributed by atoms with Crippen LogP contribution in [0.1, 0.15) is 53.9 Å². The standard InChI is InChI=1S/C16H32N2/c1-15(2,3)12-8-10-18(11-12)13-7-9-16(4,5)14(13)17-6/h12-14,17H,7-11H2,1-6H3. The van der Waals surface area contributed by atoms with E-state index < -0.39 is 0 Å². The zero-order valence-corrected chi connectivity index (χ0v) is 13.2. The molecular weight excluding hydrogens is 220 g/mol. The second-order valence-corrected chi connectivity index (χ2v) is 8.21. The Bertz CT molecular complexity index is 290. The molecule has 3 unspecified atom stereocenters. The minimum absolute atomic E-state index is 0.458. The highest BCUT2D eigenvalue weighted by Crippen LogP contribution is 2.43. The first-order valence-electron chi connectivity index (χ1n) is 7.67. The van der Waals surface area contributed by atoms with Crippen LogP contribution in [-0.4, -0.2) is 37.1 Å². The molecule has 1 aliphatic heterocycles. The van der Waals surface area contributed by atoms with Gasteiger partial charge in [-0.3, -0.25) is 4.90 Å². The molecule has 0 amide bonds. The molecule has 106 valence electrons.